The Balaban J connectivity index is 1.61. The van der Waals surface area contributed by atoms with Crippen molar-refractivity contribution in [3.63, 3.8) is 0 Å². The Hall–Kier alpha value is -2.66. The SMILES string of the molecule is COC(=O)C1CC[NH+](CC(=O)NC(c2ccccc2)c2ccccc2)CC1. The molecular weight excluding hydrogens is 340 g/mol. The zero-order valence-corrected chi connectivity index (χ0v) is 15.7. The summed E-state index contributed by atoms with van der Waals surface area (Å²) >= 11 is 0. The topological polar surface area (TPSA) is 59.8 Å². The van der Waals surface area contributed by atoms with Gasteiger partial charge in [-0.25, -0.2) is 0 Å². The molecule has 27 heavy (non-hydrogen) atoms. The number of amides is 1. The summed E-state index contributed by atoms with van der Waals surface area (Å²) in [6, 6.07) is 19.9. The number of benzene rings is 2. The lowest BCUT2D eigenvalue weighted by molar-refractivity contribution is -0.897. The fraction of sp³-hybridized carbons (Fsp3) is 0.364. The van der Waals surface area contributed by atoms with Gasteiger partial charge in [0.1, 0.15) is 0 Å². The number of carbonyl (C=O) groups excluding carboxylic acids is 2. The van der Waals surface area contributed by atoms with Crippen LogP contribution in [0.25, 0.3) is 0 Å². The van der Waals surface area contributed by atoms with Crippen LogP contribution < -0.4 is 10.2 Å². The van der Waals surface area contributed by atoms with Gasteiger partial charge in [-0.1, -0.05) is 60.7 Å². The van der Waals surface area contributed by atoms with Crippen LogP contribution in [0.2, 0.25) is 0 Å². The van der Waals surface area contributed by atoms with E-state index >= 15 is 0 Å². The van der Waals surface area contributed by atoms with E-state index in [2.05, 4.69) is 5.32 Å². The fourth-order valence-electron chi connectivity index (χ4n) is 3.69. The lowest BCUT2D eigenvalue weighted by atomic mass is 9.97. The van der Waals surface area contributed by atoms with Crippen molar-refractivity contribution in [1.82, 2.24) is 5.32 Å². The van der Waals surface area contributed by atoms with Gasteiger partial charge in [0.05, 0.1) is 32.2 Å². The number of methoxy groups -OCH3 is 1. The van der Waals surface area contributed by atoms with Crippen LogP contribution >= 0.6 is 0 Å². The molecule has 2 aromatic rings. The van der Waals surface area contributed by atoms with Crippen molar-refractivity contribution < 1.29 is 19.2 Å². The Morgan fingerprint density at radius 2 is 1.52 bits per heavy atom. The second-order valence-electron chi connectivity index (χ2n) is 7.05. The zero-order chi connectivity index (χ0) is 19.1. The van der Waals surface area contributed by atoms with Crippen molar-refractivity contribution in [2.75, 3.05) is 26.7 Å². The Morgan fingerprint density at radius 3 is 2.00 bits per heavy atom. The van der Waals surface area contributed by atoms with Crippen molar-refractivity contribution in [3.8, 4) is 0 Å². The molecule has 0 bridgehead atoms. The number of hydrogen-bond donors (Lipinski definition) is 2. The van der Waals surface area contributed by atoms with Gasteiger partial charge in [-0.15, -0.1) is 0 Å². The van der Waals surface area contributed by atoms with E-state index in [1.807, 2.05) is 60.7 Å². The monoisotopic (exact) mass is 367 g/mol. The summed E-state index contributed by atoms with van der Waals surface area (Å²) in [4.78, 5) is 25.6. The molecule has 1 saturated heterocycles. The highest BCUT2D eigenvalue weighted by molar-refractivity contribution is 5.78. The van der Waals surface area contributed by atoms with Crippen LogP contribution in [0.5, 0.6) is 0 Å². The maximum absolute atomic E-state index is 12.7. The molecule has 2 aromatic carbocycles. The van der Waals surface area contributed by atoms with Crippen molar-refractivity contribution >= 4 is 11.9 Å². The molecule has 1 aliphatic rings. The first kappa shape index (κ1) is 19.1. The summed E-state index contributed by atoms with van der Waals surface area (Å²) in [6.45, 7) is 2.05. The number of hydrogen-bond acceptors (Lipinski definition) is 3. The number of esters is 1. The van der Waals surface area contributed by atoms with Gasteiger partial charge in [0, 0.05) is 12.8 Å². The highest BCUT2D eigenvalue weighted by Gasteiger charge is 2.29. The smallest absolute Gasteiger partial charge is 0.309 e. The Bertz CT molecular complexity index is 701. The van der Waals surface area contributed by atoms with Crippen molar-refractivity contribution in [3.05, 3.63) is 71.8 Å². The second-order valence-corrected chi connectivity index (χ2v) is 7.05. The largest absolute Gasteiger partial charge is 0.469 e. The predicted molar refractivity (Wildman–Crippen MR) is 103 cm³/mol. The van der Waals surface area contributed by atoms with Crippen LogP contribution in [-0.4, -0.2) is 38.6 Å². The first-order chi connectivity index (χ1) is 13.2. The van der Waals surface area contributed by atoms with E-state index in [-0.39, 0.29) is 23.8 Å². The van der Waals surface area contributed by atoms with Gasteiger partial charge in [-0.2, -0.15) is 0 Å². The average molecular weight is 367 g/mol. The van der Waals surface area contributed by atoms with E-state index in [0.717, 1.165) is 37.1 Å². The summed E-state index contributed by atoms with van der Waals surface area (Å²) in [7, 11) is 1.43. The van der Waals surface area contributed by atoms with Crippen molar-refractivity contribution in [2.24, 2.45) is 5.92 Å². The molecule has 1 amide bonds. The third-order valence-electron chi connectivity index (χ3n) is 5.21. The number of piperidine rings is 1. The van der Waals surface area contributed by atoms with Crippen LogP contribution in [0.15, 0.2) is 60.7 Å². The van der Waals surface area contributed by atoms with E-state index in [9.17, 15) is 9.59 Å². The van der Waals surface area contributed by atoms with Crippen LogP contribution in [0.3, 0.4) is 0 Å². The van der Waals surface area contributed by atoms with Crippen LogP contribution in [0.1, 0.15) is 30.0 Å². The molecule has 142 valence electrons. The molecule has 0 spiro atoms. The third kappa shape index (κ3) is 5.17. The number of nitrogens with one attached hydrogen (secondary N) is 2. The molecule has 1 aliphatic heterocycles. The van der Waals surface area contributed by atoms with E-state index in [0.29, 0.717) is 6.54 Å². The van der Waals surface area contributed by atoms with Gasteiger partial charge >= 0.3 is 5.97 Å². The van der Waals surface area contributed by atoms with E-state index in [1.54, 1.807) is 0 Å². The Labute approximate surface area is 160 Å². The normalized spacial score (nSPS) is 19.5. The van der Waals surface area contributed by atoms with Gasteiger partial charge in [0.15, 0.2) is 6.54 Å². The number of quaternary nitrogens is 1. The standard InChI is InChI=1S/C22H26N2O3/c1-27-22(26)19-12-14-24(15-13-19)16-20(25)23-21(17-8-4-2-5-9-17)18-10-6-3-7-11-18/h2-11,19,21H,12-16H2,1H3,(H,23,25)/p+1. The summed E-state index contributed by atoms with van der Waals surface area (Å²) in [5.74, 6) is -0.130. The van der Waals surface area contributed by atoms with Gasteiger partial charge in [-0.3, -0.25) is 9.59 Å². The van der Waals surface area contributed by atoms with E-state index < -0.39 is 0 Å². The molecular formula is C22H27N2O3+. The third-order valence-corrected chi connectivity index (χ3v) is 5.21. The van der Waals surface area contributed by atoms with Gasteiger partial charge < -0.3 is 15.0 Å². The highest BCUT2D eigenvalue weighted by atomic mass is 16.5. The summed E-state index contributed by atoms with van der Waals surface area (Å²) in [5.41, 5.74) is 2.13. The quantitative estimate of drug-likeness (QED) is 0.758. The Kier molecular flexibility index (Phi) is 6.60. The maximum Gasteiger partial charge on any atom is 0.309 e. The summed E-state index contributed by atoms with van der Waals surface area (Å²) in [6.07, 6.45) is 1.55. The minimum Gasteiger partial charge on any atom is -0.469 e. The van der Waals surface area contributed by atoms with Crippen LogP contribution in [0, 0.1) is 5.92 Å². The number of carbonyl (C=O) groups is 2. The van der Waals surface area contributed by atoms with Crippen LogP contribution in [-0.2, 0) is 14.3 Å². The van der Waals surface area contributed by atoms with E-state index in [4.69, 9.17) is 4.74 Å². The van der Waals surface area contributed by atoms with Gasteiger partial charge in [-0.05, 0) is 11.1 Å². The fourth-order valence-corrected chi connectivity index (χ4v) is 3.69. The molecule has 0 saturated carbocycles. The lowest BCUT2D eigenvalue weighted by Crippen LogP contribution is -3.14. The maximum atomic E-state index is 12.7. The first-order valence-electron chi connectivity index (χ1n) is 9.48. The number of ether oxygens (including phenoxy) is 1. The zero-order valence-electron chi connectivity index (χ0n) is 15.7. The molecule has 0 aliphatic carbocycles. The summed E-state index contributed by atoms with van der Waals surface area (Å²) in [5, 5.41) is 3.19. The first-order valence-corrected chi connectivity index (χ1v) is 9.48. The molecule has 3 rings (SSSR count). The van der Waals surface area contributed by atoms with Crippen LogP contribution in [0.4, 0.5) is 0 Å². The molecule has 0 radical (unpaired) electrons. The molecule has 1 heterocycles. The molecule has 0 unspecified atom stereocenters. The minimum absolute atomic E-state index is 0.0248. The molecule has 2 N–H and O–H groups in total. The van der Waals surface area contributed by atoms with E-state index in [1.165, 1.54) is 12.0 Å². The minimum atomic E-state index is -0.160. The molecule has 1 fully saturated rings. The van der Waals surface area contributed by atoms with Gasteiger partial charge in [0.2, 0.25) is 0 Å². The second kappa shape index (κ2) is 9.33. The lowest BCUT2D eigenvalue weighted by Gasteiger charge is -2.28. The predicted octanol–water partition coefficient (Wildman–Crippen LogP) is 1.36. The Morgan fingerprint density at radius 1 is 1.00 bits per heavy atom. The van der Waals surface area contributed by atoms with Gasteiger partial charge in [0.25, 0.3) is 5.91 Å². The molecule has 5 heteroatoms. The number of rotatable bonds is 6. The average Bonchev–Trinajstić information content (AvgIpc) is 2.73. The summed E-state index contributed by atoms with van der Waals surface area (Å²) < 4.78 is 4.83. The van der Waals surface area contributed by atoms with Crippen molar-refractivity contribution in [2.45, 2.75) is 18.9 Å². The van der Waals surface area contributed by atoms with Crippen molar-refractivity contribution in [1.29, 1.82) is 0 Å². The molecule has 0 aromatic heterocycles. The molecule has 0 atom stereocenters. The molecule has 5 nitrogen and oxygen atoms in total. The number of likely N-dealkylation sites (tertiary alicyclic amines) is 1. The highest BCUT2D eigenvalue weighted by Crippen LogP contribution is 2.21.